The van der Waals surface area contributed by atoms with Gasteiger partial charge in [0.25, 0.3) is 0 Å². The highest BCUT2D eigenvalue weighted by molar-refractivity contribution is 5.94. The Morgan fingerprint density at radius 3 is 2.21 bits per heavy atom. The van der Waals surface area contributed by atoms with Gasteiger partial charge in [-0.15, -0.1) is 13.2 Å². The summed E-state index contributed by atoms with van der Waals surface area (Å²) in [5, 5.41) is 0. The number of rotatable bonds is 6. The highest BCUT2D eigenvalue weighted by Crippen LogP contribution is 2.31. The molecule has 0 aliphatic heterocycles. The molecule has 0 N–H and O–H groups in total. The van der Waals surface area contributed by atoms with Gasteiger partial charge < -0.3 is 9.64 Å². The number of nitrogens with zero attached hydrogens (tertiary/aromatic N) is 1. The molecule has 0 bridgehead atoms. The maximum atomic E-state index is 12.8. The number of anilines is 1. The van der Waals surface area contributed by atoms with Gasteiger partial charge in [0.2, 0.25) is 5.91 Å². The summed E-state index contributed by atoms with van der Waals surface area (Å²) in [6.07, 6.45) is -3.00. The lowest BCUT2D eigenvalue weighted by Crippen LogP contribution is -2.41. The minimum Gasteiger partial charge on any atom is -0.406 e. The lowest BCUT2D eigenvalue weighted by Gasteiger charge is -2.33. The first-order chi connectivity index (χ1) is 11.0. The monoisotopic (exact) mass is 345 g/mol. The summed E-state index contributed by atoms with van der Waals surface area (Å²) in [6, 6.07) is 5.54. The molecule has 1 rings (SSSR count). The minimum atomic E-state index is -4.76. The fourth-order valence-corrected chi connectivity index (χ4v) is 2.58. The molecule has 6 heteroatoms. The lowest BCUT2D eigenvalue weighted by atomic mass is 9.91. The molecule has 0 unspecified atom stereocenters. The zero-order valence-corrected chi connectivity index (χ0v) is 14.9. The lowest BCUT2D eigenvalue weighted by molar-refractivity contribution is -0.274. The van der Waals surface area contributed by atoms with E-state index in [-0.39, 0.29) is 23.1 Å². The summed E-state index contributed by atoms with van der Waals surface area (Å²) in [5.74, 6) is -0.417. The number of ether oxygens (including phenoxy) is 1. The quantitative estimate of drug-likeness (QED) is 0.677. The van der Waals surface area contributed by atoms with Gasteiger partial charge in [0, 0.05) is 24.2 Å². The van der Waals surface area contributed by atoms with Crippen molar-refractivity contribution >= 4 is 11.6 Å². The van der Waals surface area contributed by atoms with E-state index < -0.39 is 6.36 Å². The largest absolute Gasteiger partial charge is 0.573 e. The third kappa shape index (κ3) is 6.42. The fraction of sp³-hybridized carbons (Fsp3) is 0.611. The van der Waals surface area contributed by atoms with Crippen LogP contribution in [0, 0.1) is 5.41 Å². The summed E-state index contributed by atoms with van der Waals surface area (Å²) in [4.78, 5) is 14.4. The molecule has 0 saturated carbocycles. The van der Waals surface area contributed by atoms with Crippen LogP contribution in [-0.4, -0.2) is 18.3 Å². The number of carbonyl (C=O) groups excluding carboxylic acids is 1. The zero-order chi connectivity index (χ0) is 18.5. The second kappa shape index (κ2) is 7.90. The fourth-order valence-electron chi connectivity index (χ4n) is 2.58. The first-order valence-corrected chi connectivity index (χ1v) is 8.14. The zero-order valence-electron chi connectivity index (χ0n) is 14.9. The number of benzene rings is 1. The van der Waals surface area contributed by atoms with Crippen LogP contribution < -0.4 is 9.64 Å². The SMILES string of the molecule is CCC(CC)N(C(=O)CC(C)(C)C)c1cccc(OC(F)(F)F)c1. The van der Waals surface area contributed by atoms with Gasteiger partial charge in [-0.05, 0) is 30.4 Å². The van der Waals surface area contributed by atoms with E-state index in [1.54, 1.807) is 11.0 Å². The smallest absolute Gasteiger partial charge is 0.406 e. The summed E-state index contributed by atoms with van der Waals surface area (Å²) in [6.45, 7) is 9.79. The highest BCUT2D eigenvalue weighted by atomic mass is 19.4. The van der Waals surface area contributed by atoms with Crippen LogP contribution in [0.15, 0.2) is 24.3 Å². The molecule has 0 aliphatic rings. The molecule has 24 heavy (non-hydrogen) atoms. The van der Waals surface area contributed by atoms with Crippen molar-refractivity contribution in [1.82, 2.24) is 0 Å². The van der Waals surface area contributed by atoms with Crippen LogP contribution in [0.3, 0.4) is 0 Å². The third-order valence-electron chi connectivity index (χ3n) is 3.59. The average Bonchev–Trinajstić information content (AvgIpc) is 2.40. The minimum absolute atomic E-state index is 0.0685. The topological polar surface area (TPSA) is 29.5 Å². The predicted octanol–water partition coefficient (Wildman–Crippen LogP) is 5.54. The number of carbonyl (C=O) groups is 1. The van der Waals surface area contributed by atoms with Gasteiger partial charge >= 0.3 is 6.36 Å². The molecular weight excluding hydrogens is 319 g/mol. The van der Waals surface area contributed by atoms with E-state index in [0.29, 0.717) is 12.1 Å². The van der Waals surface area contributed by atoms with E-state index in [0.717, 1.165) is 12.8 Å². The molecule has 0 saturated heterocycles. The van der Waals surface area contributed by atoms with Crippen molar-refractivity contribution < 1.29 is 22.7 Å². The maximum Gasteiger partial charge on any atom is 0.573 e. The Bertz CT molecular complexity index is 546. The summed E-state index contributed by atoms with van der Waals surface area (Å²) in [5.41, 5.74) is 0.223. The Hall–Kier alpha value is -1.72. The molecule has 0 radical (unpaired) electrons. The van der Waals surface area contributed by atoms with E-state index in [4.69, 9.17) is 0 Å². The van der Waals surface area contributed by atoms with Crippen LogP contribution in [0.4, 0.5) is 18.9 Å². The van der Waals surface area contributed by atoms with Crippen LogP contribution >= 0.6 is 0 Å². The normalized spacial score (nSPS) is 12.4. The van der Waals surface area contributed by atoms with E-state index in [9.17, 15) is 18.0 Å². The van der Waals surface area contributed by atoms with Crippen LogP contribution in [0.2, 0.25) is 0 Å². The standard InChI is InChI=1S/C18H26F3NO2/c1-6-13(7-2)22(16(23)12-17(3,4)5)14-9-8-10-15(11-14)24-18(19,20)21/h8-11,13H,6-7,12H2,1-5H3. The molecule has 1 amide bonds. The van der Waals surface area contributed by atoms with Crippen LogP contribution in [0.25, 0.3) is 0 Å². The van der Waals surface area contributed by atoms with Gasteiger partial charge in [-0.1, -0.05) is 40.7 Å². The molecular formula is C18H26F3NO2. The molecule has 3 nitrogen and oxygen atoms in total. The number of hydrogen-bond donors (Lipinski definition) is 0. The molecule has 0 fully saturated rings. The first-order valence-electron chi connectivity index (χ1n) is 8.14. The molecule has 1 aromatic rings. The van der Waals surface area contributed by atoms with Crippen molar-refractivity contribution in [2.75, 3.05) is 4.90 Å². The summed E-state index contributed by atoms with van der Waals surface area (Å²) >= 11 is 0. The van der Waals surface area contributed by atoms with Crippen LogP contribution in [0.1, 0.15) is 53.9 Å². The van der Waals surface area contributed by atoms with E-state index in [2.05, 4.69) is 4.74 Å². The second-order valence-corrected chi connectivity index (χ2v) is 7.02. The van der Waals surface area contributed by atoms with Crippen molar-refractivity contribution in [3.8, 4) is 5.75 Å². The van der Waals surface area contributed by atoms with Crippen molar-refractivity contribution in [3.63, 3.8) is 0 Å². The Morgan fingerprint density at radius 2 is 1.75 bits per heavy atom. The van der Waals surface area contributed by atoms with Crippen LogP contribution in [0.5, 0.6) is 5.75 Å². The van der Waals surface area contributed by atoms with Gasteiger partial charge in [0.1, 0.15) is 5.75 Å². The molecule has 0 aliphatic carbocycles. The predicted molar refractivity (Wildman–Crippen MR) is 89.1 cm³/mol. The molecule has 0 aromatic heterocycles. The maximum absolute atomic E-state index is 12.8. The molecule has 136 valence electrons. The van der Waals surface area contributed by atoms with E-state index >= 15 is 0 Å². The number of hydrogen-bond acceptors (Lipinski definition) is 2. The molecule has 0 spiro atoms. The molecule has 1 aromatic carbocycles. The Kier molecular flexibility index (Phi) is 6.69. The third-order valence-corrected chi connectivity index (χ3v) is 3.59. The Balaban J connectivity index is 3.19. The van der Waals surface area contributed by atoms with Gasteiger partial charge in [-0.3, -0.25) is 4.79 Å². The van der Waals surface area contributed by atoms with Crippen LogP contribution in [-0.2, 0) is 4.79 Å². The number of alkyl halides is 3. The number of halogens is 3. The first kappa shape index (κ1) is 20.3. The van der Waals surface area contributed by atoms with Gasteiger partial charge in [0.15, 0.2) is 0 Å². The summed E-state index contributed by atoms with van der Waals surface area (Å²) in [7, 11) is 0. The van der Waals surface area contributed by atoms with Gasteiger partial charge in [0.05, 0.1) is 0 Å². The van der Waals surface area contributed by atoms with Crippen molar-refractivity contribution in [3.05, 3.63) is 24.3 Å². The highest BCUT2D eigenvalue weighted by Gasteiger charge is 2.32. The second-order valence-electron chi connectivity index (χ2n) is 7.02. The Labute approximate surface area is 141 Å². The molecule has 0 atom stereocenters. The molecule has 0 heterocycles. The average molecular weight is 345 g/mol. The van der Waals surface area contributed by atoms with Crippen molar-refractivity contribution in [2.24, 2.45) is 5.41 Å². The van der Waals surface area contributed by atoms with E-state index in [1.807, 2.05) is 34.6 Å². The van der Waals surface area contributed by atoms with Gasteiger partial charge in [-0.2, -0.15) is 0 Å². The van der Waals surface area contributed by atoms with Crippen molar-refractivity contribution in [2.45, 2.75) is 66.3 Å². The Morgan fingerprint density at radius 1 is 1.17 bits per heavy atom. The van der Waals surface area contributed by atoms with Crippen molar-refractivity contribution in [1.29, 1.82) is 0 Å². The number of amides is 1. The van der Waals surface area contributed by atoms with E-state index in [1.165, 1.54) is 18.2 Å². The van der Waals surface area contributed by atoms with Gasteiger partial charge in [-0.25, -0.2) is 0 Å². The summed E-state index contributed by atoms with van der Waals surface area (Å²) < 4.78 is 41.3.